The Morgan fingerprint density at radius 2 is 1.59 bits per heavy atom. The van der Waals surface area contributed by atoms with E-state index in [9.17, 15) is 18.0 Å². The van der Waals surface area contributed by atoms with E-state index in [2.05, 4.69) is 5.32 Å². The summed E-state index contributed by atoms with van der Waals surface area (Å²) in [6.07, 6.45) is -1.06. The van der Waals surface area contributed by atoms with Crippen molar-refractivity contribution in [2.45, 2.75) is 31.8 Å². The molecule has 2 aromatic rings. The number of amides is 1. The van der Waals surface area contributed by atoms with Crippen LogP contribution in [0.1, 0.15) is 31.1 Å². The lowest BCUT2D eigenvalue weighted by Crippen LogP contribution is -2.30. The molecule has 2 aromatic carbocycles. The van der Waals surface area contributed by atoms with Crippen LogP contribution in [0.3, 0.4) is 0 Å². The summed E-state index contributed by atoms with van der Waals surface area (Å²) >= 11 is 0. The second-order valence-corrected chi connectivity index (χ2v) is 8.40. The number of hydrogen-bond donors (Lipinski definition) is 2. The van der Waals surface area contributed by atoms with Gasteiger partial charge in [0, 0.05) is 5.69 Å². The maximum atomic E-state index is 12.2. The van der Waals surface area contributed by atoms with E-state index in [0.717, 1.165) is 0 Å². The largest absolute Gasteiger partial charge is 0.493 e. The zero-order valence-corrected chi connectivity index (χ0v) is 17.2. The summed E-state index contributed by atoms with van der Waals surface area (Å²) in [5, 5.41) is 7.57. The second kappa shape index (κ2) is 9.53. The molecule has 8 nitrogen and oxygen atoms in total. The Labute approximate surface area is 170 Å². The number of anilines is 1. The van der Waals surface area contributed by atoms with E-state index < -0.39 is 28.0 Å². The van der Waals surface area contributed by atoms with Gasteiger partial charge in [-0.1, -0.05) is 13.8 Å². The van der Waals surface area contributed by atoms with Crippen molar-refractivity contribution in [2.75, 3.05) is 11.9 Å². The molecule has 0 radical (unpaired) electrons. The molecule has 0 aromatic heterocycles. The van der Waals surface area contributed by atoms with Gasteiger partial charge in [0.2, 0.25) is 10.0 Å². The lowest BCUT2D eigenvalue weighted by molar-refractivity contribution is -0.123. The standard InChI is InChI=1S/C20H24N2O6S/c1-13(2)12-27-17-8-4-15(5-9-17)20(24)28-14(3)19(23)22-16-6-10-18(11-7-16)29(21,25)26/h4-11,13-14H,12H2,1-3H3,(H,22,23)(H2,21,25,26). The molecule has 29 heavy (non-hydrogen) atoms. The molecule has 0 heterocycles. The number of esters is 1. The summed E-state index contributed by atoms with van der Waals surface area (Å²) in [4.78, 5) is 24.4. The summed E-state index contributed by atoms with van der Waals surface area (Å²) in [5.41, 5.74) is 0.635. The van der Waals surface area contributed by atoms with Crippen LogP contribution in [0.15, 0.2) is 53.4 Å². The van der Waals surface area contributed by atoms with Crippen LogP contribution in [-0.2, 0) is 19.6 Å². The molecule has 0 saturated heterocycles. The predicted octanol–water partition coefficient (Wildman–Crippen LogP) is 2.55. The number of sulfonamides is 1. The minimum absolute atomic E-state index is 0.0733. The molecule has 1 amide bonds. The highest BCUT2D eigenvalue weighted by Gasteiger charge is 2.19. The molecule has 0 aliphatic heterocycles. The number of nitrogens with two attached hydrogens (primary N) is 1. The Morgan fingerprint density at radius 1 is 1.00 bits per heavy atom. The van der Waals surface area contributed by atoms with Crippen molar-refractivity contribution in [3.63, 3.8) is 0 Å². The molecule has 0 aliphatic carbocycles. The van der Waals surface area contributed by atoms with E-state index in [1.807, 2.05) is 13.8 Å². The summed E-state index contributed by atoms with van der Waals surface area (Å²) in [6.45, 7) is 6.07. The van der Waals surface area contributed by atoms with E-state index >= 15 is 0 Å². The van der Waals surface area contributed by atoms with Crippen molar-refractivity contribution in [1.82, 2.24) is 0 Å². The topological polar surface area (TPSA) is 125 Å². The van der Waals surface area contributed by atoms with Gasteiger partial charge in [-0.25, -0.2) is 18.4 Å². The average molecular weight is 420 g/mol. The maximum Gasteiger partial charge on any atom is 0.338 e. The molecule has 0 aliphatic rings. The molecule has 3 N–H and O–H groups in total. The Kier molecular flexibility index (Phi) is 7.35. The fourth-order valence-electron chi connectivity index (χ4n) is 2.20. The van der Waals surface area contributed by atoms with Gasteiger partial charge in [0.25, 0.3) is 5.91 Å². The monoisotopic (exact) mass is 420 g/mol. The number of carbonyl (C=O) groups is 2. The smallest absolute Gasteiger partial charge is 0.338 e. The molecule has 1 unspecified atom stereocenters. The van der Waals surface area contributed by atoms with Gasteiger partial charge in [-0.2, -0.15) is 0 Å². The van der Waals surface area contributed by atoms with Gasteiger partial charge in [-0.15, -0.1) is 0 Å². The quantitative estimate of drug-likeness (QED) is 0.632. The normalized spacial score (nSPS) is 12.3. The summed E-state index contributed by atoms with van der Waals surface area (Å²) in [6, 6.07) is 11.8. The molecule has 1 atom stereocenters. The average Bonchev–Trinajstić information content (AvgIpc) is 2.66. The first kappa shape index (κ1) is 22.4. The first-order chi connectivity index (χ1) is 13.6. The van der Waals surface area contributed by atoms with Crippen LogP contribution in [0, 0.1) is 5.92 Å². The van der Waals surface area contributed by atoms with E-state index in [1.54, 1.807) is 24.3 Å². The number of carbonyl (C=O) groups excluding carboxylic acids is 2. The Bertz CT molecular complexity index is 953. The zero-order valence-electron chi connectivity index (χ0n) is 16.4. The van der Waals surface area contributed by atoms with Crippen molar-refractivity contribution in [1.29, 1.82) is 0 Å². The first-order valence-corrected chi connectivity index (χ1v) is 10.5. The van der Waals surface area contributed by atoms with Gasteiger partial charge < -0.3 is 14.8 Å². The summed E-state index contributed by atoms with van der Waals surface area (Å²) in [7, 11) is -3.81. The summed E-state index contributed by atoms with van der Waals surface area (Å²) < 4.78 is 33.2. The molecular formula is C20H24N2O6S. The van der Waals surface area contributed by atoms with Crippen LogP contribution >= 0.6 is 0 Å². The van der Waals surface area contributed by atoms with Gasteiger partial charge >= 0.3 is 5.97 Å². The number of rotatable bonds is 8. The van der Waals surface area contributed by atoms with Crippen molar-refractivity contribution in [3.8, 4) is 5.75 Å². The van der Waals surface area contributed by atoms with Gasteiger partial charge in [-0.3, -0.25) is 4.79 Å². The number of ether oxygens (including phenoxy) is 2. The molecule has 0 spiro atoms. The van der Waals surface area contributed by atoms with Crippen LogP contribution < -0.4 is 15.2 Å². The maximum absolute atomic E-state index is 12.2. The number of nitrogens with one attached hydrogen (secondary N) is 1. The molecule has 2 rings (SSSR count). The van der Waals surface area contributed by atoms with E-state index in [4.69, 9.17) is 14.6 Å². The molecule has 0 saturated carbocycles. The lowest BCUT2D eigenvalue weighted by atomic mass is 10.2. The van der Waals surface area contributed by atoms with E-state index in [0.29, 0.717) is 29.5 Å². The zero-order chi connectivity index (χ0) is 21.6. The fraction of sp³-hybridized carbons (Fsp3) is 0.300. The molecule has 156 valence electrons. The minimum Gasteiger partial charge on any atom is -0.493 e. The van der Waals surface area contributed by atoms with Crippen molar-refractivity contribution < 1.29 is 27.5 Å². The predicted molar refractivity (Wildman–Crippen MR) is 108 cm³/mol. The Morgan fingerprint density at radius 3 is 2.10 bits per heavy atom. The van der Waals surface area contributed by atoms with Crippen LogP contribution in [0.5, 0.6) is 5.75 Å². The third-order valence-electron chi connectivity index (χ3n) is 3.78. The Balaban J connectivity index is 1.92. The third kappa shape index (κ3) is 6.88. The van der Waals surface area contributed by atoms with Gasteiger partial charge in [0.05, 0.1) is 17.1 Å². The molecule has 0 bridgehead atoms. The Hall–Kier alpha value is -2.91. The van der Waals surface area contributed by atoms with Crippen LogP contribution in [0.4, 0.5) is 5.69 Å². The number of hydrogen-bond acceptors (Lipinski definition) is 6. The van der Waals surface area contributed by atoms with Crippen molar-refractivity contribution in [2.24, 2.45) is 11.1 Å². The fourth-order valence-corrected chi connectivity index (χ4v) is 2.72. The van der Waals surface area contributed by atoms with E-state index in [1.165, 1.54) is 31.2 Å². The van der Waals surface area contributed by atoms with Crippen LogP contribution in [0.25, 0.3) is 0 Å². The molecule has 9 heteroatoms. The molecule has 0 fully saturated rings. The highest BCUT2D eigenvalue weighted by Crippen LogP contribution is 2.16. The van der Waals surface area contributed by atoms with Gasteiger partial charge in [0.15, 0.2) is 6.10 Å². The van der Waals surface area contributed by atoms with Gasteiger partial charge in [-0.05, 0) is 61.4 Å². The minimum atomic E-state index is -3.81. The van der Waals surface area contributed by atoms with Crippen LogP contribution in [-0.4, -0.2) is 33.0 Å². The highest BCUT2D eigenvalue weighted by molar-refractivity contribution is 7.89. The number of primary sulfonamides is 1. The second-order valence-electron chi connectivity index (χ2n) is 6.84. The highest BCUT2D eigenvalue weighted by atomic mass is 32.2. The first-order valence-electron chi connectivity index (χ1n) is 8.94. The summed E-state index contributed by atoms with van der Waals surface area (Å²) in [5.74, 6) is -0.176. The van der Waals surface area contributed by atoms with Crippen molar-refractivity contribution in [3.05, 3.63) is 54.1 Å². The lowest BCUT2D eigenvalue weighted by Gasteiger charge is -2.14. The van der Waals surface area contributed by atoms with E-state index in [-0.39, 0.29) is 4.90 Å². The van der Waals surface area contributed by atoms with Crippen molar-refractivity contribution >= 4 is 27.6 Å². The van der Waals surface area contributed by atoms with Crippen LogP contribution in [0.2, 0.25) is 0 Å². The SMILES string of the molecule is CC(C)COc1ccc(C(=O)OC(C)C(=O)Nc2ccc(S(N)(=O)=O)cc2)cc1. The van der Waals surface area contributed by atoms with Gasteiger partial charge in [0.1, 0.15) is 5.75 Å². The molecular weight excluding hydrogens is 396 g/mol. The number of benzene rings is 2. The third-order valence-corrected chi connectivity index (χ3v) is 4.71.